The minimum absolute atomic E-state index is 0.197. The zero-order valence-electron chi connectivity index (χ0n) is 12.2. The van der Waals surface area contributed by atoms with Gasteiger partial charge >= 0.3 is 5.97 Å². The molecule has 1 heterocycles. The van der Waals surface area contributed by atoms with Crippen LogP contribution >= 0.6 is 0 Å². The molecule has 5 heteroatoms. The molecule has 3 rings (SSSR count). The Morgan fingerprint density at radius 3 is 2.48 bits per heavy atom. The Hall–Kier alpha value is -3.21. The van der Waals surface area contributed by atoms with Crippen LogP contribution in [-0.2, 0) is 4.79 Å². The molecule has 5 nitrogen and oxygen atoms in total. The number of amides is 1. The first-order valence-corrected chi connectivity index (χ1v) is 7.03. The van der Waals surface area contributed by atoms with E-state index in [1.165, 1.54) is 23.2 Å². The first-order chi connectivity index (χ1) is 11.1. The second-order valence-electron chi connectivity index (χ2n) is 5.09. The highest BCUT2D eigenvalue weighted by atomic mass is 16.4. The Kier molecular flexibility index (Phi) is 3.76. The highest BCUT2D eigenvalue weighted by molar-refractivity contribution is 5.92. The third-order valence-electron chi connectivity index (χ3n) is 3.73. The standard InChI is InChI=1S/C18H14N2O3/c1-2-16(21)20-17(12-7-9-13(10-8-12)18(22)23)15-6-4-3-5-14(15)11-19-20/h2-11,17H,1H2,(H,22,23). The molecule has 1 N–H and O–H groups in total. The van der Waals surface area contributed by atoms with E-state index in [1.54, 1.807) is 18.3 Å². The van der Waals surface area contributed by atoms with Gasteiger partial charge in [0.25, 0.3) is 5.91 Å². The molecule has 2 aromatic rings. The SMILES string of the molecule is C=CC(=O)N1N=Cc2ccccc2C1c1ccc(C(=O)O)cc1. The van der Waals surface area contributed by atoms with E-state index < -0.39 is 12.0 Å². The summed E-state index contributed by atoms with van der Waals surface area (Å²) in [6, 6.07) is 13.7. The van der Waals surface area contributed by atoms with Crippen molar-refractivity contribution >= 4 is 18.1 Å². The van der Waals surface area contributed by atoms with Crippen LogP contribution in [0.4, 0.5) is 0 Å². The van der Waals surface area contributed by atoms with Crippen LogP contribution in [0.1, 0.15) is 33.1 Å². The van der Waals surface area contributed by atoms with Gasteiger partial charge in [0.05, 0.1) is 11.8 Å². The molecular formula is C18H14N2O3. The van der Waals surface area contributed by atoms with Gasteiger partial charge in [0.1, 0.15) is 6.04 Å². The lowest BCUT2D eigenvalue weighted by Crippen LogP contribution is -2.33. The van der Waals surface area contributed by atoms with Crippen LogP contribution in [0.3, 0.4) is 0 Å². The fourth-order valence-electron chi connectivity index (χ4n) is 2.61. The van der Waals surface area contributed by atoms with E-state index in [0.29, 0.717) is 0 Å². The van der Waals surface area contributed by atoms with Crippen molar-refractivity contribution in [2.24, 2.45) is 5.10 Å². The zero-order valence-corrected chi connectivity index (χ0v) is 12.2. The number of fused-ring (bicyclic) bond motifs is 1. The number of hydrogen-bond acceptors (Lipinski definition) is 3. The molecule has 1 unspecified atom stereocenters. The molecule has 1 amide bonds. The van der Waals surface area contributed by atoms with Crippen molar-refractivity contribution in [3.05, 3.63) is 83.4 Å². The zero-order chi connectivity index (χ0) is 16.4. The predicted octanol–water partition coefficient (Wildman–Crippen LogP) is 2.84. The normalized spacial score (nSPS) is 15.8. The summed E-state index contributed by atoms with van der Waals surface area (Å²) in [5, 5.41) is 14.6. The number of carbonyl (C=O) groups is 2. The van der Waals surface area contributed by atoms with Gasteiger partial charge < -0.3 is 5.11 Å². The molecular weight excluding hydrogens is 292 g/mol. The van der Waals surface area contributed by atoms with Gasteiger partial charge in [-0.05, 0) is 29.3 Å². The van der Waals surface area contributed by atoms with Crippen molar-refractivity contribution in [2.75, 3.05) is 0 Å². The third-order valence-corrected chi connectivity index (χ3v) is 3.73. The van der Waals surface area contributed by atoms with Gasteiger partial charge in [0, 0.05) is 5.56 Å². The van der Waals surface area contributed by atoms with Crippen molar-refractivity contribution in [2.45, 2.75) is 6.04 Å². The van der Waals surface area contributed by atoms with Crippen LogP contribution in [0.2, 0.25) is 0 Å². The van der Waals surface area contributed by atoms with Crippen molar-refractivity contribution in [3.8, 4) is 0 Å². The van der Waals surface area contributed by atoms with Crippen LogP contribution < -0.4 is 0 Å². The molecule has 2 aromatic carbocycles. The Morgan fingerprint density at radius 2 is 1.83 bits per heavy atom. The molecule has 1 aliphatic rings. The predicted molar refractivity (Wildman–Crippen MR) is 86.3 cm³/mol. The third kappa shape index (κ3) is 2.64. The van der Waals surface area contributed by atoms with Gasteiger partial charge in [-0.3, -0.25) is 4.79 Å². The fourth-order valence-corrected chi connectivity index (χ4v) is 2.61. The minimum Gasteiger partial charge on any atom is -0.478 e. The molecule has 1 atom stereocenters. The lowest BCUT2D eigenvalue weighted by Gasteiger charge is -2.31. The van der Waals surface area contributed by atoms with Crippen LogP contribution in [-0.4, -0.2) is 28.2 Å². The quantitative estimate of drug-likeness (QED) is 0.886. The van der Waals surface area contributed by atoms with Crippen LogP contribution in [0.15, 0.2) is 66.3 Å². The number of rotatable bonds is 3. The summed E-state index contributed by atoms with van der Waals surface area (Å²) in [5.41, 5.74) is 2.84. The summed E-state index contributed by atoms with van der Waals surface area (Å²) < 4.78 is 0. The maximum Gasteiger partial charge on any atom is 0.335 e. The Morgan fingerprint density at radius 1 is 1.13 bits per heavy atom. The van der Waals surface area contributed by atoms with E-state index in [-0.39, 0.29) is 11.5 Å². The van der Waals surface area contributed by atoms with Crippen LogP contribution in [0.25, 0.3) is 0 Å². The Balaban J connectivity index is 2.11. The largest absolute Gasteiger partial charge is 0.478 e. The summed E-state index contributed by atoms with van der Waals surface area (Å²) >= 11 is 0. The smallest absolute Gasteiger partial charge is 0.335 e. The molecule has 0 saturated carbocycles. The monoisotopic (exact) mass is 306 g/mol. The van der Waals surface area contributed by atoms with Gasteiger partial charge in [-0.2, -0.15) is 5.10 Å². The van der Waals surface area contributed by atoms with Gasteiger partial charge in [0.2, 0.25) is 0 Å². The van der Waals surface area contributed by atoms with Gasteiger partial charge in [-0.25, -0.2) is 9.80 Å². The summed E-state index contributed by atoms with van der Waals surface area (Å²) in [6.07, 6.45) is 2.85. The summed E-state index contributed by atoms with van der Waals surface area (Å²) in [4.78, 5) is 23.1. The number of aromatic carboxylic acids is 1. The van der Waals surface area contributed by atoms with E-state index in [4.69, 9.17) is 5.11 Å². The van der Waals surface area contributed by atoms with E-state index in [0.717, 1.165) is 16.7 Å². The van der Waals surface area contributed by atoms with Gasteiger partial charge in [-0.15, -0.1) is 0 Å². The summed E-state index contributed by atoms with van der Waals surface area (Å²) in [6.45, 7) is 3.51. The maximum atomic E-state index is 12.1. The van der Waals surface area contributed by atoms with Crippen molar-refractivity contribution in [1.29, 1.82) is 0 Å². The van der Waals surface area contributed by atoms with Gasteiger partial charge in [0.15, 0.2) is 0 Å². The van der Waals surface area contributed by atoms with Gasteiger partial charge in [-0.1, -0.05) is 43.0 Å². The Bertz CT molecular complexity index is 809. The number of hydrazone groups is 1. The lowest BCUT2D eigenvalue weighted by molar-refractivity contribution is -0.127. The fraction of sp³-hybridized carbons (Fsp3) is 0.0556. The average Bonchev–Trinajstić information content (AvgIpc) is 2.60. The molecule has 0 fully saturated rings. The van der Waals surface area contributed by atoms with Crippen molar-refractivity contribution < 1.29 is 14.7 Å². The van der Waals surface area contributed by atoms with Crippen LogP contribution in [0.5, 0.6) is 0 Å². The summed E-state index contributed by atoms with van der Waals surface area (Å²) in [5.74, 6) is -1.30. The summed E-state index contributed by atoms with van der Waals surface area (Å²) in [7, 11) is 0. The molecule has 0 bridgehead atoms. The molecule has 114 valence electrons. The average molecular weight is 306 g/mol. The minimum atomic E-state index is -0.988. The topological polar surface area (TPSA) is 70.0 Å². The maximum absolute atomic E-state index is 12.1. The van der Waals surface area contributed by atoms with Crippen molar-refractivity contribution in [1.82, 2.24) is 5.01 Å². The highest BCUT2D eigenvalue weighted by Crippen LogP contribution is 2.33. The van der Waals surface area contributed by atoms with Crippen LogP contribution in [0, 0.1) is 0 Å². The number of carbonyl (C=O) groups excluding carboxylic acids is 1. The first kappa shape index (κ1) is 14.7. The first-order valence-electron chi connectivity index (χ1n) is 7.03. The van der Waals surface area contributed by atoms with E-state index >= 15 is 0 Å². The molecule has 0 saturated heterocycles. The number of carboxylic acid groups (broad SMARTS) is 1. The number of carboxylic acids is 1. The highest BCUT2D eigenvalue weighted by Gasteiger charge is 2.29. The molecule has 0 aromatic heterocycles. The number of benzene rings is 2. The molecule has 1 aliphatic heterocycles. The molecule has 0 spiro atoms. The lowest BCUT2D eigenvalue weighted by atomic mass is 9.92. The van der Waals surface area contributed by atoms with E-state index in [9.17, 15) is 9.59 Å². The molecule has 0 aliphatic carbocycles. The second-order valence-corrected chi connectivity index (χ2v) is 5.09. The number of nitrogens with zero attached hydrogens (tertiary/aromatic N) is 2. The molecule has 0 radical (unpaired) electrons. The number of hydrogen-bond donors (Lipinski definition) is 1. The van der Waals surface area contributed by atoms with E-state index in [1.807, 2.05) is 24.3 Å². The van der Waals surface area contributed by atoms with E-state index in [2.05, 4.69) is 11.7 Å². The molecule has 23 heavy (non-hydrogen) atoms. The van der Waals surface area contributed by atoms with Crippen molar-refractivity contribution in [3.63, 3.8) is 0 Å². The Labute approximate surface area is 133 Å². The second kappa shape index (κ2) is 5.88.